The number of pyridine rings is 1. The highest BCUT2D eigenvalue weighted by Crippen LogP contribution is 2.23. The van der Waals surface area contributed by atoms with Gasteiger partial charge >= 0.3 is 0 Å². The first-order valence-electron chi connectivity index (χ1n) is 8.27. The highest BCUT2D eigenvalue weighted by Gasteiger charge is 2.13. The molecular formula is C20H20N4OS. The second kappa shape index (κ2) is 9.01. The third-order valence-corrected chi connectivity index (χ3v) is 4.65. The number of nitrogens with one attached hydrogen (secondary N) is 1. The van der Waals surface area contributed by atoms with Crippen LogP contribution in [0.25, 0.3) is 16.9 Å². The molecule has 6 heteroatoms. The van der Waals surface area contributed by atoms with E-state index >= 15 is 0 Å². The Labute approximate surface area is 157 Å². The van der Waals surface area contributed by atoms with Gasteiger partial charge in [0, 0.05) is 42.0 Å². The van der Waals surface area contributed by atoms with Gasteiger partial charge in [0.2, 0.25) is 5.91 Å². The molecule has 0 aliphatic carbocycles. The fraction of sp³-hybridized carbons (Fsp3) is 0.150. The largest absolute Gasteiger partial charge is 0.351 e. The molecule has 132 valence electrons. The molecule has 3 aromatic rings. The van der Waals surface area contributed by atoms with Crippen LogP contribution in [0.2, 0.25) is 0 Å². The van der Waals surface area contributed by atoms with Gasteiger partial charge in [0.05, 0.1) is 17.1 Å². The molecule has 1 N–H and O–H groups in total. The Morgan fingerprint density at radius 1 is 1.19 bits per heavy atom. The number of thioether (sulfide) groups is 1. The number of rotatable bonds is 8. The van der Waals surface area contributed by atoms with Gasteiger partial charge in [-0.05, 0) is 24.3 Å². The van der Waals surface area contributed by atoms with Crippen LogP contribution < -0.4 is 5.32 Å². The predicted octanol–water partition coefficient (Wildman–Crippen LogP) is 3.47. The van der Waals surface area contributed by atoms with Crippen LogP contribution in [0.15, 0.2) is 73.7 Å². The maximum absolute atomic E-state index is 12.0. The number of benzene rings is 1. The monoisotopic (exact) mass is 364 g/mol. The lowest BCUT2D eigenvalue weighted by Gasteiger charge is -2.05. The van der Waals surface area contributed by atoms with Crippen LogP contribution in [0.3, 0.4) is 0 Å². The average Bonchev–Trinajstić information content (AvgIpc) is 3.12. The smallest absolute Gasteiger partial charge is 0.230 e. The van der Waals surface area contributed by atoms with Gasteiger partial charge in [0.25, 0.3) is 0 Å². The van der Waals surface area contributed by atoms with Crippen molar-refractivity contribution in [3.8, 4) is 16.9 Å². The van der Waals surface area contributed by atoms with E-state index in [-0.39, 0.29) is 5.91 Å². The first kappa shape index (κ1) is 17.9. The van der Waals surface area contributed by atoms with Crippen molar-refractivity contribution in [3.63, 3.8) is 0 Å². The molecule has 1 aromatic carbocycles. The molecule has 0 saturated carbocycles. The minimum atomic E-state index is 0.00462. The maximum atomic E-state index is 12.0. The van der Waals surface area contributed by atoms with Gasteiger partial charge in [-0.25, -0.2) is 4.68 Å². The van der Waals surface area contributed by atoms with Gasteiger partial charge in [-0.3, -0.25) is 9.78 Å². The zero-order valence-corrected chi connectivity index (χ0v) is 15.2. The summed E-state index contributed by atoms with van der Waals surface area (Å²) >= 11 is 1.54. The van der Waals surface area contributed by atoms with Crippen LogP contribution in [0, 0.1) is 0 Å². The summed E-state index contributed by atoms with van der Waals surface area (Å²) in [6, 6.07) is 13.8. The highest BCUT2D eigenvalue weighted by atomic mass is 32.2. The normalized spacial score (nSPS) is 10.5. The summed E-state index contributed by atoms with van der Waals surface area (Å²) in [6.45, 7) is 4.09. The number of hydrogen-bond donors (Lipinski definition) is 1. The Morgan fingerprint density at radius 2 is 1.96 bits per heavy atom. The Morgan fingerprint density at radius 3 is 2.69 bits per heavy atom. The van der Waals surface area contributed by atoms with Crippen molar-refractivity contribution >= 4 is 17.7 Å². The molecule has 0 unspecified atom stereocenters. The van der Waals surface area contributed by atoms with Gasteiger partial charge in [-0.1, -0.05) is 24.3 Å². The summed E-state index contributed by atoms with van der Waals surface area (Å²) in [5.41, 5.74) is 3.75. The predicted molar refractivity (Wildman–Crippen MR) is 106 cm³/mol. The zero-order chi connectivity index (χ0) is 18.2. The molecule has 5 nitrogen and oxygen atoms in total. The number of para-hydroxylation sites is 1. The third kappa shape index (κ3) is 4.61. The van der Waals surface area contributed by atoms with Crippen molar-refractivity contribution in [1.29, 1.82) is 0 Å². The molecule has 0 aliphatic rings. The van der Waals surface area contributed by atoms with Crippen LogP contribution in [-0.2, 0) is 11.3 Å². The third-order valence-electron chi connectivity index (χ3n) is 3.71. The van der Waals surface area contributed by atoms with Crippen molar-refractivity contribution in [2.45, 2.75) is 6.54 Å². The Balaban J connectivity index is 1.82. The van der Waals surface area contributed by atoms with E-state index in [0.717, 1.165) is 28.3 Å². The molecular weight excluding hydrogens is 344 g/mol. The minimum absolute atomic E-state index is 0.00462. The van der Waals surface area contributed by atoms with Gasteiger partial charge in [0.1, 0.15) is 0 Å². The summed E-state index contributed by atoms with van der Waals surface area (Å²) in [7, 11) is 0. The van der Waals surface area contributed by atoms with E-state index in [9.17, 15) is 4.79 Å². The molecule has 1 amide bonds. The second-order valence-electron chi connectivity index (χ2n) is 5.60. The summed E-state index contributed by atoms with van der Waals surface area (Å²) in [5, 5.41) is 7.69. The van der Waals surface area contributed by atoms with Crippen molar-refractivity contribution in [2.24, 2.45) is 0 Å². The first-order valence-corrected chi connectivity index (χ1v) is 9.43. The standard InChI is InChI=1S/C20H20N4OS/c1-2-12-26-15-19(25)22-13-17-14-24(18-6-4-3-5-7-18)23-20(17)16-8-10-21-11-9-16/h2-11,14H,1,12-13,15H2,(H,22,25). The van der Waals surface area contributed by atoms with Gasteiger partial charge in [-0.2, -0.15) is 5.10 Å². The first-order chi connectivity index (χ1) is 12.8. The van der Waals surface area contributed by atoms with E-state index in [1.165, 1.54) is 11.8 Å². The number of hydrogen-bond acceptors (Lipinski definition) is 4. The number of nitrogens with zero attached hydrogens (tertiary/aromatic N) is 3. The fourth-order valence-corrected chi connectivity index (χ4v) is 3.06. The van der Waals surface area contributed by atoms with Gasteiger partial charge < -0.3 is 5.32 Å². The summed E-state index contributed by atoms with van der Waals surface area (Å²) in [4.78, 5) is 16.1. The second-order valence-corrected chi connectivity index (χ2v) is 6.63. The number of amides is 1. The molecule has 0 spiro atoms. The molecule has 2 heterocycles. The van der Waals surface area contributed by atoms with Crippen LogP contribution in [0.5, 0.6) is 0 Å². The molecule has 0 bridgehead atoms. The lowest BCUT2D eigenvalue weighted by molar-refractivity contribution is -0.118. The molecule has 2 aromatic heterocycles. The van der Waals surface area contributed by atoms with Crippen LogP contribution >= 0.6 is 11.8 Å². The lowest BCUT2D eigenvalue weighted by Crippen LogP contribution is -2.24. The summed E-state index contributed by atoms with van der Waals surface area (Å²) in [5.74, 6) is 1.19. The van der Waals surface area contributed by atoms with Gasteiger partial charge in [-0.15, -0.1) is 18.3 Å². The van der Waals surface area contributed by atoms with Crippen LogP contribution in [-0.4, -0.2) is 32.2 Å². The highest BCUT2D eigenvalue weighted by molar-refractivity contribution is 8.00. The van der Waals surface area contributed by atoms with Crippen molar-refractivity contribution < 1.29 is 4.79 Å². The molecule has 0 atom stereocenters. The fourth-order valence-electron chi connectivity index (χ4n) is 2.48. The molecule has 0 aliphatic heterocycles. The van der Waals surface area contributed by atoms with Gasteiger partial charge in [0.15, 0.2) is 0 Å². The number of carbonyl (C=O) groups excluding carboxylic acids is 1. The van der Waals surface area contributed by atoms with E-state index in [1.54, 1.807) is 18.5 Å². The Bertz CT molecular complexity index is 862. The topological polar surface area (TPSA) is 59.8 Å². The van der Waals surface area contributed by atoms with Crippen molar-refractivity contribution in [1.82, 2.24) is 20.1 Å². The Kier molecular flexibility index (Phi) is 6.22. The van der Waals surface area contributed by atoms with Crippen LogP contribution in [0.4, 0.5) is 0 Å². The molecule has 0 fully saturated rings. The molecule has 3 rings (SSSR count). The van der Waals surface area contributed by atoms with Crippen molar-refractivity contribution in [2.75, 3.05) is 11.5 Å². The quantitative estimate of drug-likeness (QED) is 0.491. The van der Waals surface area contributed by atoms with E-state index in [0.29, 0.717) is 12.3 Å². The SMILES string of the molecule is C=CCSCC(=O)NCc1cn(-c2ccccc2)nc1-c1ccncc1. The number of aromatic nitrogens is 3. The molecule has 0 saturated heterocycles. The maximum Gasteiger partial charge on any atom is 0.230 e. The molecule has 26 heavy (non-hydrogen) atoms. The Hall–Kier alpha value is -2.86. The van der Waals surface area contributed by atoms with E-state index in [2.05, 4.69) is 16.9 Å². The summed E-state index contributed by atoms with van der Waals surface area (Å²) in [6.07, 6.45) is 7.24. The average molecular weight is 364 g/mol. The zero-order valence-electron chi connectivity index (χ0n) is 14.3. The van der Waals surface area contributed by atoms with E-state index < -0.39 is 0 Å². The van der Waals surface area contributed by atoms with Crippen LogP contribution in [0.1, 0.15) is 5.56 Å². The summed E-state index contributed by atoms with van der Waals surface area (Å²) < 4.78 is 1.84. The van der Waals surface area contributed by atoms with E-state index in [1.807, 2.05) is 53.3 Å². The van der Waals surface area contributed by atoms with Crippen molar-refractivity contribution in [3.05, 3.63) is 79.3 Å². The number of carbonyl (C=O) groups is 1. The minimum Gasteiger partial charge on any atom is -0.351 e. The van der Waals surface area contributed by atoms with E-state index in [4.69, 9.17) is 5.10 Å². The lowest BCUT2D eigenvalue weighted by atomic mass is 10.1. The molecule has 0 radical (unpaired) electrons.